The summed E-state index contributed by atoms with van der Waals surface area (Å²) in [7, 11) is 0. The summed E-state index contributed by atoms with van der Waals surface area (Å²) < 4.78 is 16.0. The molecule has 18 heavy (non-hydrogen) atoms. The molecular formula is C13H23NO4. The number of carbonyl (C=O) groups excluding carboxylic acids is 1. The first-order valence-electron chi connectivity index (χ1n) is 6.91. The molecule has 0 amide bonds. The van der Waals surface area contributed by atoms with Crippen molar-refractivity contribution in [3.63, 3.8) is 0 Å². The summed E-state index contributed by atoms with van der Waals surface area (Å²) in [5, 5.41) is 3.32. The number of hydrogen-bond donors (Lipinski definition) is 1. The van der Waals surface area contributed by atoms with Crippen LogP contribution in [0, 0.1) is 0 Å². The molecule has 1 N–H and O–H groups in total. The molecule has 5 nitrogen and oxygen atoms in total. The van der Waals surface area contributed by atoms with E-state index >= 15 is 0 Å². The molecule has 5 heteroatoms. The highest BCUT2D eigenvalue weighted by Crippen LogP contribution is 2.20. The number of nitrogens with one attached hydrogen (secondary N) is 1. The molecule has 0 bridgehead atoms. The Morgan fingerprint density at radius 3 is 2.89 bits per heavy atom. The average molecular weight is 257 g/mol. The van der Waals surface area contributed by atoms with Crippen molar-refractivity contribution in [1.82, 2.24) is 5.32 Å². The van der Waals surface area contributed by atoms with Crippen LogP contribution in [-0.2, 0) is 19.0 Å². The first kappa shape index (κ1) is 13.8. The minimum absolute atomic E-state index is 0.157. The Hall–Kier alpha value is -0.650. The number of ether oxygens (including phenoxy) is 3. The Bertz CT molecular complexity index is 262. The van der Waals surface area contributed by atoms with Gasteiger partial charge in [-0.25, -0.2) is 0 Å². The van der Waals surface area contributed by atoms with Gasteiger partial charge in [0.1, 0.15) is 6.04 Å². The van der Waals surface area contributed by atoms with Crippen LogP contribution in [0.1, 0.15) is 32.6 Å². The highest BCUT2D eigenvalue weighted by atomic mass is 16.5. The molecule has 0 aromatic heterocycles. The molecule has 1 saturated heterocycles. The van der Waals surface area contributed by atoms with E-state index in [0.29, 0.717) is 32.3 Å². The lowest BCUT2D eigenvalue weighted by atomic mass is 10.2. The van der Waals surface area contributed by atoms with Crippen molar-refractivity contribution in [3.8, 4) is 0 Å². The fourth-order valence-electron chi connectivity index (χ4n) is 2.04. The SMILES string of the molecule is CCOC(=O)C(CCOC1CCOC1)NC1CC1. The second-order valence-electron chi connectivity index (χ2n) is 4.89. The van der Waals surface area contributed by atoms with Gasteiger partial charge >= 0.3 is 5.97 Å². The van der Waals surface area contributed by atoms with E-state index in [1.807, 2.05) is 6.92 Å². The molecule has 2 aliphatic rings. The minimum Gasteiger partial charge on any atom is -0.465 e. The lowest BCUT2D eigenvalue weighted by molar-refractivity contribution is -0.146. The van der Waals surface area contributed by atoms with Gasteiger partial charge in [-0.05, 0) is 32.6 Å². The molecule has 1 heterocycles. The summed E-state index contributed by atoms with van der Waals surface area (Å²) in [5.41, 5.74) is 0. The zero-order valence-corrected chi connectivity index (χ0v) is 11.0. The van der Waals surface area contributed by atoms with Crippen molar-refractivity contribution in [3.05, 3.63) is 0 Å². The van der Waals surface area contributed by atoms with E-state index in [-0.39, 0.29) is 18.1 Å². The molecule has 2 unspecified atom stereocenters. The number of esters is 1. The van der Waals surface area contributed by atoms with Gasteiger partial charge in [0, 0.05) is 19.3 Å². The normalized spacial score (nSPS) is 25.1. The summed E-state index contributed by atoms with van der Waals surface area (Å²) >= 11 is 0. The van der Waals surface area contributed by atoms with Crippen LogP contribution >= 0.6 is 0 Å². The molecule has 0 spiro atoms. The van der Waals surface area contributed by atoms with Crippen molar-refractivity contribution < 1.29 is 19.0 Å². The Kier molecular flexibility index (Phi) is 5.41. The fourth-order valence-corrected chi connectivity index (χ4v) is 2.04. The second-order valence-corrected chi connectivity index (χ2v) is 4.89. The van der Waals surface area contributed by atoms with E-state index in [1.165, 1.54) is 0 Å². The first-order valence-corrected chi connectivity index (χ1v) is 6.91. The minimum atomic E-state index is -0.222. The third-order valence-corrected chi connectivity index (χ3v) is 3.23. The van der Waals surface area contributed by atoms with Gasteiger partial charge in [-0.15, -0.1) is 0 Å². The maximum atomic E-state index is 11.8. The van der Waals surface area contributed by atoms with Gasteiger partial charge in [0.05, 0.1) is 19.3 Å². The number of carbonyl (C=O) groups is 1. The lowest BCUT2D eigenvalue weighted by Gasteiger charge is -2.18. The van der Waals surface area contributed by atoms with E-state index in [0.717, 1.165) is 25.9 Å². The topological polar surface area (TPSA) is 56.8 Å². The lowest BCUT2D eigenvalue weighted by Crippen LogP contribution is -2.40. The van der Waals surface area contributed by atoms with Crippen LogP contribution in [0.15, 0.2) is 0 Å². The number of hydrogen-bond acceptors (Lipinski definition) is 5. The third-order valence-electron chi connectivity index (χ3n) is 3.23. The molecule has 1 saturated carbocycles. The molecule has 0 radical (unpaired) electrons. The van der Waals surface area contributed by atoms with Crippen molar-refractivity contribution in [2.75, 3.05) is 26.4 Å². The molecular weight excluding hydrogens is 234 g/mol. The Morgan fingerprint density at radius 1 is 1.44 bits per heavy atom. The molecule has 2 rings (SSSR count). The predicted octanol–water partition coefficient (Wildman–Crippen LogP) is 0.866. The summed E-state index contributed by atoms with van der Waals surface area (Å²) in [4.78, 5) is 11.8. The van der Waals surface area contributed by atoms with Crippen molar-refractivity contribution in [2.45, 2.75) is 50.8 Å². The Labute approximate surface area is 108 Å². The largest absolute Gasteiger partial charge is 0.465 e. The van der Waals surface area contributed by atoms with Crippen LogP contribution in [0.5, 0.6) is 0 Å². The van der Waals surface area contributed by atoms with Crippen LogP contribution in [0.2, 0.25) is 0 Å². The standard InChI is InChI=1S/C13H23NO4/c1-2-17-13(15)12(14-10-3-4-10)6-8-18-11-5-7-16-9-11/h10-12,14H,2-9H2,1H3. The van der Waals surface area contributed by atoms with Crippen LogP contribution in [0.3, 0.4) is 0 Å². The van der Waals surface area contributed by atoms with E-state index in [1.54, 1.807) is 0 Å². The molecule has 1 aliphatic heterocycles. The maximum absolute atomic E-state index is 11.8. The highest BCUT2D eigenvalue weighted by molar-refractivity contribution is 5.75. The van der Waals surface area contributed by atoms with Gasteiger partial charge < -0.3 is 19.5 Å². The quantitative estimate of drug-likeness (QED) is 0.654. The van der Waals surface area contributed by atoms with Gasteiger partial charge in [0.15, 0.2) is 0 Å². The van der Waals surface area contributed by atoms with E-state index in [2.05, 4.69) is 5.32 Å². The van der Waals surface area contributed by atoms with Crippen molar-refractivity contribution >= 4 is 5.97 Å². The zero-order chi connectivity index (χ0) is 12.8. The van der Waals surface area contributed by atoms with Gasteiger partial charge in [-0.2, -0.15) is 0 Å². The number of rotatable bonds is 8. The van der Waals surface area contributed by atoms with E-state index in [9.17, 15) is 4.79 Å². The third kappa shape index (κ3) is 4.55. The smallest absolute Gasteiger partial charge is 0.323 e. The van der Waals surface area contributed by atoms with Gasteiger partial charge in [-0.1, -0.05) is 0 Å². The summed E-state index contributed by atoms with van der Waals surface area (Å²) in [5.74, 6) is -0.157. The first-order chi connectivity index (χ1) is 8.79. The Morgan fingerprint density at radius 2 is 2.28 bits per heavy atom. The summed E-state index contributed by atoms with van der Waals surface area (Å²) in [6.07, 6.45) is 4.15. The van der Waals surface area contributed by atoms with Crippen LogP contribution < -0.4 is 5.32 Å². The van der Waals surface area contributed by atoms with Crippen LogP contribution in [0.4, 0.5) is 0 Å². The monoisotopic (exact) mass is 257 g/mol. The average Bonchev–Trinajstić information content (AvgIpc) is 3.02. The van der Waals surface area contributed by atoms with Crippen LogP contribution in [-0.4, -0.2) is 50.6 Å². The maximum Gasteiger partial charge on any atom is 0.323 e. The van der Waals surface area contributed by atoms with Gasteiger partial charge in [-0.3, -0.25) is 4.79 Å². The predicted molar refractivity (Wildman–Crippen MR) is 66.4 cm³/mol. The second kappa shape index (κ2) is 7.07. The molecule has 2 atom stereocenters. The Balaban J connectivity index is 1.67. The molecule has 0 aromatic rings. The molecule has 1 aliphatic carbocycles. The van der Waals surface area contributed by atoms with Crippen molar-refractivity contribution in [1.29, 1.82) is 0 Å². The van der Waals surface area contributed by atoms with E-state index in [4.69, 9.17) is 14.2 Å². The fraction of sp³-hybridized carbons (Fsp3) is 0.923. The highest BCUT2D eigenvalue weighted by Gasteiger charge is 2.29. The summed E-state index contributed by atoms with van der Waals surface area (Å²) in [6.45, 7) is 4.31. The van der Waals surface area contributed by atoms with E-state index < -0.39 is 0 Å². The van der Waals surface area contributed by atoms with Gasteiger partial charge in [0.25, 0.3) is 0 Å². The molecule has 2 fully saturated rings. The summed E-state index contributed by atoms with van der Waals surface area (Å²) in [6, 6.07) is 0.272. The van der Waals surface area contributed by atoms with Crippen LogP contribution in [0.25, 0.3) is 0 Å². The zero-order valence-electron chi connectivity index (χ0n) is 11.0. The molecule has 0 aromatic carbocycles. The van der Waals surface area contributed by atoms with Gasteiger partial charge in [0.2, 0.25) is 0 Å². The molecule has 104 valence electrons. The van der Waals surface area contributed by atoms with Crippen molar-refractivity contribution in [2.24, 2.45) is 0 Å².